The van der Waals surface area contributed by atoms with Crippen LogP contribution in [-0.4, -0.2) is 17.9 Å². The molecule has 0 bridgehead atoms. The lowest BCUT2D eigenvalue weighted by Gasteiger charge is -2.17. The molecule has 2 N–H and O–H groups in total. The third kappa shape index (κ3) is 4.87. The monoisotopic (exact) mass is 425 g/mol. The number of hydrogen-bond donors (Lipinski definition) is 2. The van der Waals surface area contributed by atoms with Crippen LogP contribution in [0.5, 0.6) is 5.75 Å². The number of benzene rings is 3. The van der Waals surface area contributed by atoms with Crippen molar-refractivity contribution in [3.63, 3.8) is 0 Å². The lowest BCUT2D eigenvalue weighted by Crippen LogP contribution is -2.13. The molecular formula is C22H20ClN3O4. The molecule has 0 radical (unpaired) electrons. The SMILES string of the molecule is COc1ccc(C(=O)Nc2ccc(N[C@H](C)c3ccccc3)c(Cl)c2)cc1[N+](=O)[O-]. The zero-order valence-electron chi connectivity index (χ0n) is 16.4. The highest BCUT2D eigenvalue weighted by Crippen LogP contribution is 2.30. The predicted molar refractivity (Wildman–Crippen MR) is 118 cm³/mol. The fourth-order valence-corrected chi connectivity index (χ4v) is 3.18. The minimum atomic E-state index is -0.596. The molecule has 0 saturated carbocycles. The summed E-state index contributed by atoms with van der Waals surface area (Å²) in [7, 11) is 1.33. The summed E-state index contributed by atoms with van der Waals surface area (Å²) in [5, 5.41) is 17.6. The van der Waals surface area contributed by atoms with Gasteiger partial charge in [0.1, 0.15) is 0 Å². The van der Waals surface area contributed by atoms with Crippen LogP contribution in [0, 0.1) is 10.1 Å². The molecule has 0 aliphatic rings. The standard InChI is InChI=1S/C22H20ClN3O4/c1-14(15-6-4-3-5-7-15)24-19-10-9-17(13-18(19)23)25-22(27)16-8-11-21(30-2)20(12-16)26(28)29/h3-14,24H,1-2H3,(H,25,27)/t14-/m1/s1. The molecule has 3 aromatic carbocycles. The third-order valence-corrected chi connectivity index (χ3v) is 4.85. The Hall–Kier alpha value is -3.58. The molecule has 3 aromatic rings. The predicted octanol–water partition coefficient (Wildman–Crippen LogP) is 5.68. The van der Waals surface area contributed by atoms with E-state index < -0.39 is 10.8 Å². The van der Waals surface area contributed by atoms with Gasteiger partial charge in [0.05, 0.1) is 22.7 Å². The number of amides is 1. The quantitative estimate of drug-likeness (QED) is 0.375. The van der Waals surface area contributed by atoms with Crippen molar-refractivity contribution < 1.29 is 14.5 Å². The molecular weight excluding hydrogens is 406 g/mol. The van der Waals surface area contributed by atoms with Crippen molar-refractivity contribution in [2.24, 2.45) is 0 Å². The minimum absolute atomic E-state index is 0.0454. The second-order valence-electron chi connectivity index (χ2n) is 6.57. The lowest BCUT2D eigenvalue weighted by molar-refractivity contribution is -0.385. The van der Waals surface area contributed by atoms with E-state index in [-0.39, 0.29) is 23.0 Å². The van der Waals surface area contributed by atoms with Gasteiger partial charge >= 0.3 is 5.69 Å². The van der Waals surface area contributed by atoms with E-state index in [0.717, 1.165) is 11.3 Å². The van der Waals surface area contributed by atoms with Crippen LogP contribution in [0.3, 0.4) is 0 Å². The van der Waals surface area contributed by atoms with Crippen molar-refractivity contribution in [3.05, 3.63) is 93.0 Å². The van der Waals surface area contributed by atoms with Gasteiger partial charge < -0.3 is 15.4 Å². The van der Waals surface area contributed by atoms with Crippen molar-refractivity contribution in [1.82, 2.24) is 0 Å². The van der Waals surface area contributed by atoms with E-state index in [1.54, 1.807) is 18.2 Å². The first kappa shape index (κ1) is 21.1. The van der Waals surface area contributed by atoms with Gasteiger partial charge in [-0.05, 0) is 42.8 Å². The van der Waals surface area contributed by atoms with E-state index in [1.165, 1.54) is 25.3 Å². The molecule has 0 aliphatic heterocycles. The number of anilines is 2. The molecule has 0 aromatic heterocycles. The Balaban J connectivity index is 1.73. The Morgan fingerprint density at radius 3 is 2.47 bits per heavy atom. The van der Waals surface area contributed by atoms with Gasteiger partial charge in [-0.25, -0.2) is 0 Å². The van der Waals surface area contributed by atoms with Gasteiger partial charge in [-0.3, -0.25) is 14.9 Å². The molecule has 0 spiro atoms. The van der Waals surface area contributed by atoms with Crippen LogP contribution in [0.1, 0.15) is 28.9 Å². The number of halogens is 1. The van der Waals surface area contributed by atoms with Gasteiger partial charge in [0.15, 0.2) is 5.75 Å². The van der Waals surface area contributed by atoms with Gasteiger partial charge in [0, 0.05) is 23.4 Å². The van der Waals surface area contributed by atoms with E-state index in [0.29, 0.717) is 10.7 Å². The number of rotatable bonds is 7. The van der Waals surface area contributed by atoms with Gasteiger partial charge in [-0.15, -0.1) is 0 Å². The van der Waals surface area contributed by atoms with Crippen LogP contribution in [0.2, 0.25) is 5.02 Å². The van der Waals surface area contributed by atoms with E-state index in [4.69, 9.17) is 16.3 Å². The van der Waals surface area contributed by atoms with Crippen molar-refractivity contribution in [1.29, 1.82) is 0 Å². The van der Waals surface area contributed by atoms with Gasteiger partial charge in [0.2, 0.25) is 0 Å². The maximum absolute atomic E-state index is 12.5. The summed E-state index contributed by atoms with van der Waals surface area (Å²) in [4.78, 5) is 23.1. The third-order valence-electron chi connectivity index (χ3n) is 4.54. The summed E-state index contributed by atoms with van der Waals surface area (Å²) in [5.74, 6) is -0.405. The zero-order chi connectivity index (χ0) is 21.7. The average molecular weight is 426 g/mol. The Morgan fingerprint density at radius 1 is 1.10 bits per heavy atom. The maximum atomic E-state index is 12.5. The smallest absolute Gasteiger partial charge is 0.311 e. The minimum Gasteiger partial charge on any atom is -0.490 e. The van der Waals surface area contributed by atoms with Crippen LogP contribution in [0.4, 0.5) is 17.1 Å². The number of nitro benzene ring substituents is 1. The molecule has 0 heterocycles. The summed E-state index contributed by atoms with van der Waals surface area (Å²) in [6, 6.07) is 19.1. The molecule has 154 valence electrons. The number of carbonyl (C=O) groups is 1. The van der Waals surface area contributed by atoms with Crippen LogP contribution in [0.15, 0.2) is 66.7 Å². The van der Waals surface area contributed by atoms with Gasteiger partial charge in [0.25, 0.3) is 5.91 Å². The number of nitrogens with one attached hydrogen (secondary N) is 2. The zero-order valence-corrected chi connectivity index (χ0v) is 17.1. The second kappa shape index (κ2) is 9.28. The molecule has 0 aliphatic carbocycles. The molecule has 0 saturated heterocycles. The largest absolute Gasteiger partial charge is 0.490 e. The summed E-state index contributed by atoms with van der Waals surface area (Å²) < 4.78 is 4.95. The van der Waals surface area contributed by atoms with Gasteiger partial charge in [-0.2, -0.15) is 0 Å². The number of carbonyl (C=O) groups excluding carboxylic acids is 1. The summed E-state index contributed by atoms with van der Waals surface area (Å²) in [5.41, 5.74) is 2.18. The van der Waals surface area contributed by atoms with E-state index in [1.807, 2.05) is 37.3 Å². The summed E-state index contributed by atoms with van der Waals surface area (Å²) in [6.07, 6.45) is 0. The highest BCUT2D eigenvalue weighted by molar-refractivity contribution is 6.33. The molecule has 8 heteroatoms. The maximum Gasteiger partial charge on any atom is 0.311 e. The Morgan fingerprint density at radius 2 is 1.83 bits per heavy atom. The van der Waals surface area contributed by atoms with Crippen molar-refractivity contribution in [3.8, 4) is 5.75 Å². The number of nitro groups is 1. The van der Waals surface area contributed by atoms with Crippen LogP contribution < -0.4 is 15.4 Å². The first-order chi connectivity index (χ1) is 14.4. The molecule has 30 heavy (non-hydrogen) atoms. The first-order valence-corrected chi connectivity index (χ1v) is 9.51. The second-order valence-corrected chi connectivity index (χ2v) is 6.98. The van der Waals surface area contributed by atoms with E-state index in [2.05, 4.69) is 10.6 Å². The Labute approximate surface area is 178 Å². The van der Waals surface area contributed by atoms with Crippen molar-refractivity contribution in [2.75, 3.05) is 17.7 Å². The van der Waals surface area contributed by atoms with Gasteiger partial charge in [-0.1, -0.05) is 41.9 Å². The fraction of sp³-hybridized carbons (Fsp3) is 0.136. The van der Waals surface area contributed by atoms with E-state index >= 15 is 0 Å². The molecule has 1 atom stereocenters. The number of ether oxygens (including phenoxy) is 1. The van der Waals surface area contributed by atoms with E-state index in [9.17, 15) is 14.9 Å². The highest BCUT2D eigenvalue weighted by Gasteiger charge is 2.18. The van der Waals surface area contributed by atoms with Crippen LogP contribution in [0.25, 0.3) is 0 Å². The summed E-state index contributed by atoms with van der Waals surface area (Å²) >= 11 is 6.38. The number of nitrogens with zero attached hydrogens (tertiary/aromatic N) is 1. The lowest BCUT2D eigenvalue weighted by atomic mass is 10.1. The number of hydrogen-bond acceptors (Lipinski definition) is 5. The van der Waals surface area contributed by atoms with Crippen molar-refractivity contribution in [2.45, 2.75) is 13.0 Å². The molecule has 0 fully saturated rings. The molecule has 0 unspecified atom stereocenters. The Kier molecular flexibility index (Phi) is 6.54. The number of methoxy groups -OCH3 is 1. The van der Waals surface area contributed by atoms with Crippen LogP contribution >= 0.6 is 11.6 Å². The fourth-order valence-electron chi connectivity index (χ4n) is 2.95. The first-order valence-electron chi connectivity index (χ1n) is 9.14. The molecule has 7 nitrogen and oxygen atoms in total. The van der Waals surface area contributed by atoms with Crippen LogP contribution in [-0.2, 0) is 0 Å². The average Bonchev–Trinajstić information content (AvgIpc) is 2.75. The normalized spacial score (nSPS) is 11.4. The Bertz CT molecular complexity index is 1070. The highest BCUT2D eigenvalue weighted by atomic mass is 35.5. The topological polar surface area (TPSA) is 93.5 Å². The van der Waals surface area contributed by atoms with Crippen molar-refractivity contribution >= 4 is 34.6 Å². The molecule has 3 rings (SSSR count). The molecule has 1 amide bonds. The summed E-state index contributed by atoms with van der Waals surface area (Å²) in [6.45, 7) is 2.03.